The molecule has 0 atom stereocenters. The SMILES string of the molecule is Cc1cccc(-c2c3ccccc3c(B3OC(C)(C)C(C)(C)O3)c3ccccc23)c1. The van der Waals surface area contributed by atoms with Gasteiger partial charge in [0.15, 0.2) is 0 Å². The van der Waals surface area contributed by atoms with Crippen LogP contribution in [0.4, 0.5) is 0 Å². The van der Waals surface area contributed by atoms with E-state index in [0.717, 1.165) is 5.46 Å². The summed E-state index contributed by atoms with van der Waals surface area (Å²) in [5.41, 5.74) is 4.13. The van der Waals surface area contributed by atoms with Gasteiger partial charge in [-0.1, -0.05) is 78.4 Å². The maximum atomic E-state index is 6.51. The normalized spacial score (nSPS) is 17.7. The number of rotatable bonds is 2. The standard InChI is InChI=1S/C27H27BO2/c1-18-11-10-12-19(17-18)24-20-13-6-8-15-22(20)25(23-16-9-7-14-21(23)24)28-29-26(2,3)27(4,5)30-28/h6-17H,1-5H3. The van der Waals surface area contributed by atoms with Crippen molar-refractivity contribution in [1.29, 1.82) is 0 Å². The van der Waals surface area contributed by atoms with E-state index in [1.54, 1.807) is 0 Å². The molecule has 1 aliphatic heterocycles. The molecule has 5 rings (SSSR count). The van der Waals surface area contributed by atoms with Crippen molar-refractivity contribution in [3.8, 4) is 11.1 Å². The fraction of sp³-hybridized carbons (Fsp3) is 0.259. The summed E-state index contributed by atoms with van der Waals surface area (Å²) in [4.78, 5) is 0. The molecule has 0 aliphatic carbocycles. The molecule has 3 heteroatoms. The Kier molecular flexibility index (Phi) is 4.32. The Bertz CT molecular complexity index is 1200. The van der Waals surface area contributed by atoms with Gasteiger partial charge < -0.3 is 9.31 Å². The first-order valence-corrected chi connectivity index (χ1v) is 10.6. The van der Waals surface area contributed by atoms with E-state index in [4.69, 9.17) is 9.31 Å². The van der Waals surface area contributed by atoms with Crippen LogP contribution in [0.25, 0.3) is 32.7 Å². The number of benzene rings is 4. The van der Waals surface area contributed by atoms with E-state index < -0.39 is 7.12 Å². The first kappa shape index (κ1) is 19.4. The van der Waals surface area contributed by atoms with Gasteiger partial charge in [-0.3, -0.25) is 0 Å². The smallest absolute Gasteiger partial charge is 0.399 e. The van der Waals surface area contributed by atoms with Crippen LogP contribution >= 0.6 is 0 Å². The minimum atomic E-state index is -0.406. The van der Waals surface area contributed by atoms with E-state index in [-0.39, 0.29) is 11.2 Å². The molecular formula is C27H27BO2. The lowest BCUT2D eigenvalue weighted by molar-refractivity contribution is 0.00578. The van der Waals surface area contributed by atoms with Crippen molar-refractivity contribution < 1.29 is 9.31 Å². The zero-order chi connectivity index (χ0) is 21.1. The Morgan fingerprint density at radius 1 is 0.633 bits per heavy atom. The summed E-state index contributed by atoms with van der Waals surface area (Å²) in [7, 11) is -0.406. The first-order valence-electron chi connectivity index (χ1n) is 10.6. The van der Waals surface area contributed by atoms with Crippen LogP contribution in [0.2, 0.25) is 0 Å². The van der Waals surface area contributed by atoms with Crippen molar-refractivity contribution in [1.82, 2.24) is 0 Å². The molecule has 0 aromatic heterocycles. The van der Waals surface area contributed by atoms with E-state index >= 15 is 0 Å². The fourth-order valence-electron chi connectivity index (χ4n) is 4.49. The molecule has 1 aliphatic rings. The second-order valence-electron chi connectivity index (χ2n) is 9.34. The van der Waals surface area contributed by atoms with Gasteiger partial charge in [0, 0.05) is 0 Å². The van der Waals surface area contributed by atoms with Crippen molar-refractivity contribution in [3.05, 3.63) is 78.4 Å². The molecule has 0 amide bonds. The molecule has 0 bridgehead atoms. The van der Waals surface area contributed by atoms with Gasteiger partial charge in [-0.15, -0.1) is 0 Å². The van der Waals surface area contributed by atoms with Crippen LogP contribution in [-0.4, -0.2) is 18.3 Å². The molecule has 2 nitrogen and oxygen atoms in total. The lowest BCUT2D eigenvalue weighted by atomic mass is 9.71. The largest absolute Gasteiger partial charge is 0.496 e. The Morgan fingerprint density at radius 3 is 1.63 bits per heavy atom. The highest BCUT2D eigenvalue weighted by atomic mass is 16.7. The zero-order valence-corrected chi connectivity index (χ0v) is 18.3. The highest BCUT2D eigenvalue weighted by Crippen LogP contribution is 2.40. The second-order valence-corrected chi connectivity index (χ2v) is 9.34. The third-order valence-corrected chi connectivity index (χ3v) is 6.77. The van der Waals surface area contributed by atoms with Crippen LogP contribution in [0, 0.1) is 6.92 Å². The number of aryl methyl sites for hydroxylation is 1. The van der Waals surface area contributed by atoms with Gasteiger partial charge in [-0.05, 0) is 72.8 Å². The fourth-order valence-corrected chi connectivity index (χ4v) is 4.49. The van der Waals surface area contributed by atoms with Gasteiger partial charge in [-0.2, -0.15) is 0 Å². The maximum absolute atomic E-state index is 6.51. The third kappa shape index (κ3) is 2.88. The summed E-state index contributed by atoms with van der Waals surface area (Å²) >= 11 is 0. The predicted molar refractivity (Wildman–Crippen MR) is 127 cm³/mol. The van der Waals surface area contributed by atoms with E-state index in [0.29, 0.717) is 0 Å². The summed E-state index contributed by atoms with van der Waals surface area (Å²) in [5.74, 6) is 0. The summed E-state index contributed by atoms with van der Waals surface area (Å²) < 4.78 is 13.0. The molecular weight excluding hydrogens is 367 g/mol. The van der Waals surface area contributed by atoms with Crippen LogP contribution in [0.5, 0.6) is 0 Å². The monoisotopic (exact) mass is 394 g/mol. The molecule has 1 heterocycles. The van der Waals surface area contributed by atoms with Crippen LogP contribution in [0.1, 0.15) is 33.3 Å². The van der Waals surface area contributed by atoms with Crippen molar-refractivity contribution >= 4 is 34.1 Å². The molecule has 0 unspecified atom stereocenters. The Balaban J connectivity index is 1.87. The summed E-state index contributed by atoms with van der Waals surface area (Å²) in [6, 6.07) is 26.0. The Hall–Kier alpha value is -2.62. The quantitative estimate of drug-likeness (QED) is 0.295. The predicted octanol–water partition coefficient (Wildman–Crippen LogP) is 6.27. The maximum Gasteiger partial charge on any atom is 0.496 e. The van der Waals surface area contributed by atoms with Crippen LogP contribution in [0.15, 0.2) is 72.8 Å². The number of fused-ring (bicyclic) bond motifs is 2. The van der Waals surface area contributed by atoms with E-state index in [1.807, 2.05) is 0 Å². The molecule has 0 saturated carbocycles. The van der Waals surface area contributed by atoms with Crippen LogP contribution in [-0.2, 0) is 9.31 Å². The molecule has 30 heavy (non-hydrogen) atoms. The summed E-state index contributed by atoms with van der Waals surface area (Å²) in [5, 5.41) is 4.83. The molecule has 4 aromatic carbocycles. The van der Waals surface area contributed by atoms with Crippen LogP contribution < -0.4 is 5.46 Å². The topological polar surface area (TPSA) is 18.5 Å². The average Bonchev–Trinajstić information content (AvgIpc) is 2.92. The minimum absolute atomic E-state index is 0.380. The molecule has 0 N–H and O–H groups in total. The molecule has 1 saturated heterocycles. The van der Waals surface area contributed by atoms with Crippen molar-refractivity contribution in [3.63, 3.8) is 0 Å². The molecule has 1 fully saturated rings. The zero-order valence-electron chi connectivity index (χ0n) is 18.3. The lowest BCUT2D eigenvalue weighted by Crippen LogP contribution is -2.41. The van der Waals surface area contributed by atoms with Crippen molar-refractivity contribution in [2.75, 3.05) is 0 Å². The van der Waals surface area contributed by atoms with Gasteiger partial charge >= 0.3 is 7.12 Å². The Labute approximate surface area is 179 Å². The highest BCUT2D eigenvalue weighted by Gasteiger charge is 2.52. The van der Waals surface area contributed by atoms with Gasteiger partial charge in [0.25, 0.3) is 0 Å². The lowest BCUT2D eigenvalue weighted by Gasteiger charge is -2.32. The van der Waals surface area contributed by atoms with Crippen LogP contribution in [0.3, 0.4) is 0 Å². The van der Waals surface area contributed by atoms with Gasteiger partial charge in [0.05, 0.1) is 11.2 Å². The highest BCUT2D eigenvalue weighted by molar-refractivity contribution is 6.68. The average molecular weight is 394 g/mol. The molecule has 4 aromatic rings. The van der Waals surface area contributed by atoms with E-state index in [1.165, 1.54) is 38.2 Å². The van der Waals surface area contributed by atoms with Gasteiger partial charge in [0.1, 0.15) is 0 Å². The molecule has 0 radical (unpaired) electrons. The van der Waals surface area contributed by atoms with Crippen molar-refractivity contribution in [2.24, 2.45) is 0 Å². The third-order valence-electron chi connectivity index (χ3n) is 6.77. The summed E-state index contributed by atoms with van der Waals surface area (Å²) in [6.07, 6.45) is 0. The van der Waals surface area contributed by atoms with Gasteiger partial charge in [0.2, 0.25) is 0 Å². The molecule has 150 valence electrons. The summed E-state index contributed by atoms with van der Waals surface area (Å²) in [6.45, 7) is 10.6. The minimum Gasteiger partial charge on any atom is -0.399 e. The van der Waals surface area contributed by atoms with Crippen molar-refractivity contribution in [2.45, 2.75) is 45.8 Å². The van der Waals surface area contributed by atoms with E-state index in [2.05, 4.69) is 107 Å². The molecule has 0 spiro atoms. The Morgan fingerprint density at radius 2 is 1.13 bits per heavy atom. The second kappa shape index (κ2) is 6.70. The first-order chi connectivity index (χ1) is 14.3. The van der Waals surface area contributed by atoms with Gasteiger partial charge in [-0.25, -0.2) is 0 Å². The number of hydrogen-bond acceptors (Lipinski definition) is 2. The van der Waals surface area contributed by atoms with E-state index in [9.17, 15) is 0 Å². The number of hydrogen-bond donors (Lipinski definition) is 0.